The number of rotatable bonds is 6. The van der Waals surface area contributed by atoms with E-state index in [1.165, 1.54) is 31.5 Å². The van der Waals surface area contributed by atoms with E-state index in [4.69, 9.17) is 0 Å². The van der Waals surface area contributed by atoms with Gasteiger partial charge in [-0.05, 0) is 30.7 Å². The lowest BCUT2D eigenvalue weighted by Gasteiger charge is -2.04. The third-order valence-electron chi connectivity index (χ3n) is 3.30. The van der Waals surface area contributed by atoms with Crippen molar-refractivity contribution in [2.75, 3.05) is 7.11 Å². The summed E-state index contributed by atoms with van der Waals surface area (Å²) in [7, 11) is -2.44. The minimum atomic E-state index is -3.73. The Hall–Kier alpha value is -2.93. The molecule has 0 spiro atoms. The molecular formula is C18H18N2O4S. The number of hydrogen-bond acceptors (Lipinski definition) is 5. The van der Waals surface area contributed by atoms with Crippen LogP contribution in [-0.2, 0) is 19.6 Å². The van der Waals surface area contributed by atoms with E-state index in [0.29, 0.717) is 11.1 Å². The highest BCUT2D eigenvalue weighted by molar-refractivity contribution is 7.89. The summed E-state index contributed by atoms with van der Waals surface area (Å²) in [5.74, 6) is -0.480. The molecule has 0 aliphatic rings. The van der Waals surface area contributed by atoms with Gasteiger partial charge in [-0.3, -0.25) is 0 Å². The number of sulfonamides is 1. The molecule has 0 aliphatic carbocycles. The van der Waals surface area contributed by atoms with E-state index < -0.39 is 16.0 Å². The molecule has 2 aromatic rings. The predicted octanol–water partition coefficient (Wildman–Crippen LogP) is 2.49. The molecule has 1 N–H and O–H groups in total. The van der Waals surface area contributed by atoms with Crippen LogP contribution in [0.2, 0.25) is 0 Å². The molecule has 6 nitrogen and oxygen atoms in total. The molecule has 25 heavy (non-hydrogen) atoms. The summed E-state index contributed by atoms with van der Waals surface area (Å²) >= 11 is 0. The molecule has 0 amide bonds. The molecule has 0 radical (unpaired) electrons. The molecule has 2 aromatic carbocycles. The maximum absolute atomic E-state index is 12.2. The van der Waals surface area contributed by atoms with E-state index >= 15 is 0 Å². The minimum absolute atomic E-state index is 0.133. The summed E-state index contributed by atoms with van der Waals surface area (Å²) in [6, 6.07) is 13.6. The van der Waals surface area contributed by atoms with Crippen LogP contribution >= 0.6 is 0 Å². The van der Waals surface area contributed by atoms with Crippen molar-refractivity contribution < 1.29 is 17.9 Å². The van der Waals surface area contributed by atoms with E-state index in [-0.39, 0.29) is 4.90 Å². The Morgan fingerprint density at radius 2 is 1.72 bits per heavy atom. The molecule has 0 bridgehead atoms. The number of nitrogens with zero attached hydrogens (tertiary/aromatic N) is 1. The lowest BCUT2D eigenvalue weighted by atomic mass is 10.1. The first-order chi connectivity index (χ1) is 11.9. The Balaban J connectivity index is 2.16. The monoisotopic (exact) mass is 358 g/mol. The van der Waals surface area contributed by atoms with Crippen LogP contribution in [0, 0.1) is 6.92 Å². The van der Waals surface area contributed by atoms with E-state index in [1.807, 2.05) is 6.92 Å². The van der Waals surface area contributed by atoms with Crippen molar-refractivity contribution in [3.8, 4) is 0 Å². The normalized spacial score (nSPS) is 11.8. The second-order valence-electron chi connectivity index (χ2n) is 5.15. The summed E-state index contributed by atoms with van der Waals surface area (Å²) in [6.45, 7) is 1.88. The minimum Gasteiger partial charge on any atom is -0.466 e. The van der Waals surface area contributed by atoms with Gasteiger partial charge in [-0.25, -0.2) is 9.63 Å². The van der Waals surface area contributed by atoms with Gasteiger partial charge < -0.3 is 4.74 Å². The van der Waals surface area contributed by atoms with E-state index in [1.54, 1.807) is 42.5 Å². The standard InChI is InChI=1S/C18H18N2O4S/c1-14-7-10-17(11-8-14)25(22,23)20-19-13-16-6-4-3-5-15(16)9-12-18(21)24-2/h3-13,20H,1-2H3/b12-9+,19-13+. The van der Waals surface area contributed by atoms with Gasteiger partial charge in [0.15, 0.2) is 0 Å². The zero-order chi connectivity index (χ0) is 18.3. The molecule has 0 heterocycles. The third-order valence-corrected chi connectivity index (χ3v) is 4.54. The third kappa shape index (κ3) is 5.29. The number of methoxy groups -OCH3 is 1. The van der Waals surface area contributed by atoms with Crippen LogP contribution in [0.1, 0.15) is 16.7 Å². The van der Waals surface area contributed by atoms with Gasteiger partial charge in [-0.15, -0.1) is 0 Å². The number of benzene rings is 2. The van der Waals surface area contributed by atoms with Gasteiger partial charge in [0.25, 0.3) is 10.0 Å². The fourth-order valence-corrected chi connectivity index (χ4v) is 2.73. The van der Waals surface area contributed by atoms with Gasteiger partial charge in [0.05, 0.1) is 18.2 Å². The number of carbonyl (C=O) groups is 1. The van der Waals surface area contributed by atoms with Gasteiger partial charge in [0, 0.05) is 11.6 Å². The number of hydrogen-bond donors (Lipinski definition) is 1. The number of esters is 1. The van der Waals surface area contributed by atoms with Gasteiger partial charge in [0.1, 0.15) is 0 Å². The summed E-state index contributed by atoms with van der Waals surface area (Å²) in [5, 5.41) is 3.81. The maximum Gasteiger partial charge on any atom is 0.330 e. The Morgan fingerprint density at radius 1 is 1.08 bits per heavy atom. The summed E-state index contributed by atoms with van der Waals surface area (Å²) in [6.07, 6.45) is 4.23. The Morgan fingerprint density at radius 3 is 2.36 bits per heavy atom. The smallest absolute Gasteiger partial charge is 0.330 e. The largest absolute Gasteiger partial charge is 0.466 e. The summed E-state index contributed by atoms with van der Waals surface area (Å²) in [5.41, 5.74) is 2.31. The molecule has 7 heteroatoms. The molecule has 0 saturated heterocycles. The van der Waals surface area contributed by atoms with Crippen LogP contribution < -0.4 is 4.83 Å². The van der Waals surface area contributed by atoms with Crippen LogP contribution in [0.15, 0.2) is 64.6 Å². The van der Waals surface area contributed by atoms with Gasteiger partial charge in [-0.1, -0.05) is 42.0 Å². The predicted molar refractivity (Wildman–Crippen MR) is 96.6 cm³/mol. The van der Waals surface area contributed by atoms with Crippen LogP contribution in [0.25, 0.3) is 6.08 Å². The van der Waals surface area contributed by atoms with Gasteiger partial charge in [0.2, 0.25) is 0 Å². The second-order valence-corrected chi connectivity index (χ2v) is 6.81. The Labute approximate surface area is 146 Å². The topological polar surface area (TPSA) is 84.8 Å². The molecule has 0 aliphatic heterocycles. The van der Waals surface area contributed by atoms with Crippen molar-refractivity contribution in [2.45, 2.75) is 11.8 Å². The van der Waals surface area contributed by atoms with Crippen molar-refractivity contribution in [1.82, 2.24) is 4.83 Å². The fourth-order valence-electron chi connectivity index (χ4n) is 1.94. The van der Waals surface area contributed by atoms with Crippen molar-refractivity contribution >= 4 is 28.3 Å². The quantitative estimate of drug-likeness (QED) is 0.372. The number of ether oxygens (including phenoxy) is 1. The maximum atomic E-state index is 12.2. The SMILES string of the molecule is COC(=O)/C=C/c1ccccc1/C=N/NS(=O)(=O)c1ccc(C)cc1. The molecule has 130 valence electrons. The van der Waals surface area contributed by atoms with Crippen molar-refractivity contribution in [1.29, 1.82) is 0 Å². The molecular weight excluding hydrogens is 340 g/mol. The average molecular weight is 358 g/mol. The zero-order valence-corrected chi connectivity index (χ0v) is 14.7. The summed E-state index contributed by atoms with van der Waals surface area (Å²) < 4.78 is 28.9. The second kappa shape index (κ2) is 8.25. The lowest BCUT2D eigenvalue weighted by Crippen LogP contribution is -2.18. The first kappa shape index (κ1) is 18.4. The number of aryl methyl sites for hydroxylation is 1. The van der Waals surface area contributed by atoms with Crippen molar-refractivity contribution in [3.63, 3.8) is 0 Å². The van der Waals surface area contributed by atoms with E-state index in [9.17, 15) is 13.2 Å². The fraction of sp³-hybridized carbons (Fsp3) is 0.111. The van der Waals surface area contributed by atoms with Crippen LogP contribution in [-0.4, -0.2) is 27.7 Å². The summed E-state index contributed by atoms with van der Waals surface area (Å²) in [4.78, 5) is 13.5. The Kier molecular flexibility index (Phi) is 6.08. The number of nitrogens with one attached hydrogen (secondary N) is 1. The molecule has 0 saturated carbocycles. The lowest BCUT2D eigenvalue weighted by molar-refractivity contribution is -0.134. The first-order valence-corrected chi connectivity index (χ1v) is 8.87. The van der Waals surface area contributed by atoms with E-state index in [0.717, 1.165) is 5.56 Å². The molecule has 2 rings (SSSR count). The molecule has 0 atom stereocenters. The van der Waals surface area contributed by atoms with Crippen LogP contribution in [0.5, 0.6) is 0 Å². The molecule has 0 aromatic heterocycles. The average Bonchev–Trinajstić information content (AvgIpc) is 2.60. The van der Waals surface area contributed by atoms with E-state index in [2.05, 4.69) is 14.7 Å². The van der Waals surface area contributed by atoms with Gasteiger partial charge >= 0.3 is 5.97 Å². The van der Waals surface area contributed by atoms with Crippen LogP contribution in [0.4, 0.5) is 0 Å². The highest BCUT2D eigenvalue weighted by Gasteiger charge is 2.11. The molecule has 0 unspecified atom stereocenters. The number of carbonyl (C=O) groups excluding carboxylic acids is 1. The first-order valence-electron chi connectivity index (χ1n) is 7.39. The zero-order valence-electron chi connectivity index (χ0n) is 13.8. The van der Waals surface area contributed by atoms with Crippen molar-refractivity contribution in [2.24, 2.45) is 5.10 Å². The molecule has 0 fully saturated rings. The Bertz CT molecular complexity index is 901. The van der Waals surface area contributed by atoms with Gasteiger partial charge in [-0.2, -0.15) is 13.5 Å². The van der Waals surface area contributed by atoms with Crippen LogP contribution in [0.3, 0.4) is 0 Å². The number of hydrazone groups is 1. The van der Waals surface area contributed by atoms with Crippen molar-refractivity contribution in [3.05, 3.63) is 71.3 Å². The highest BCUT2D eigenvalue weighted by Crippen LogP contribution is 2.11. The highest BCUT2D eigenvalue weighted by atomic mass is 32.2.